The van der Waals surface area contributed by atoms with Gasteiger partial charge >= 0.3 is 0 Å². The van der Waals surface area contributed by atoms with Crippen LogP contribution in [0.3, 0.4) is 0 Å². The molecular weight excluding hydrogens is 344 g/mol. The van der Waals surface area contributed by atoms with Gasteiger partial charge in [0.15, 0.2) is 18.1 Å². The van der Waals surface area contributed by atoms with E-state index >= 15 is 0 Å². The summed E-state index contributed by atoms with van der Waals surface area (Å²) in [4.78, 5) is 23.2. The maximum Gasteiger partial charge on any atom is 0.262 e. The molecule has 0 radical (unpaired) electrons. The third-order valence-electron chi connectivity index (χ3n) is 3.24. The normalized spacial score (nSPS) is 10.1. The topological polar surface area (TPSA) is 76.7 Å². The number of halogens is 1. The molecule has 0 saturated heterocycles. The van der Waals surface area contributed by atoms with Crippen molar-refractivity contribution in [1.82, 2.24) is 0 Å². The van der Waals surface area contributed by atoms with Crippen molar-refractivity contribution in [3.8, 4) is 11.5 Å². The Kier molecular flexibility index (Phi) is 6.25. The van der Waals surface area contributed by atoms with Crippen LogP contribution in [0.5, 0.6) is 11.5 Å². The number of amides is 2. The van der Waals surface area contributed by atoms with Crippen molar-refractivity contribution >= 4 is 34.8 Å². The number of hydrogen-bond donors (Lipinski definition) is 2. The lowest BCUT2D eigenvalue weighted by Gasteiger charge is -2.12. The zero-order chi connectivity index (χ0) is 18.4. The van der Waals surface area contributed by atoms with Gasteiger partial charge in [-0.1, -0.05) is 17.7 Å². The second-order valence-corrected chi connectivity index (χ2v) is 5.77. The first-order valence-corrected chi connectivity index (χ1v) is 7.91. The van der Waals surface area contributed by atoms with Crippen LogP contribution in [-0.4, -0.2) is 25.5 Å². The number of hydrogen-bond acceptors (Lipinski definition) is 4. The number of carbonyl (C=O) groups is 2. The van der Waals surface area contributed by atoms with Crippen molar-refractivity contribution in [3.05, 3.63) is 47.0 Å². The zero-order valence-electron chi connectivity index (χ0n) is 14.2. The summed E-state index contributed by atoms with van der Waals surface area (Å²) in [6, 6.07) is 10.2. The third-order valence-corrected chi connectivity index (χ3v) is 3.57. The first-order valence-electron chi connectivity index (χ1n) is 7.53. The van der Waals surface area contributed by atoms with Gasteiger partial charge in [0, 0.05) is 12.6 Å². The van der Waals surface area contributed by atoms with Gasteiger partial charge in [-0.15, -0.1) is 0 Å². The van der Waals surface area contributed by atoms with Crippen LogP contribution in [-0.2, 0) is 9.59 Å². The van der Waals surface area contributed by atoms with Gasteiger partial charge in [0.25, 0.3) is 5.91 Å². The Hall–Kier alpha value is -2.73. The highest BCUT2D eigenvalue weighted by atomic mass is 35.5. The van der Waals surface area contributed by atoms with Gasteiger partial charge in [0.2, 0.25) is 5.91 Å². The van der Waals surface area contributed by atoms with E-state index in [1.807, 2.05) is 19.1 Å². The molecule has 7 heteroatoms. The van der Waals surface area contributed by atoms with E-state index in [2.05, 4.69) is 10.6 Å². The fourth-order valence-electron chi connectivity index (χ4n) is 2.12. The number of ether oxygens (including phenoxy) is 2. The molecule has 25 heavy (non-hydrogen) atoms. The van der Waals surface area contributed by atoms with Crippen molar-refractivity contribution < 1.29 is 19.1 Å². The van der Waals surface area contributed by atoms with Crippen molar-refractivity contribution in [2.24, 2.45) is 0 Å². The van der Waals surface area contributed by atoms with Crippen LogP contribution in [0.2, 0.25) is 5.02 Å². The fourth-order valence-corrected chi connectivity index (χ4v) is 2.29. The Bertz CT molecular complexity index is 793. The Morgan fingerprint density at radius 3 is 2.52 bits per heavy atom. The first-order chi connectivity index (χ1) is 11.9. The fraction of sp³-hybridized carbons (Fsp3) is 0.222. The Balaban J connectivity index is 2.00. The zero-order valence-corrected chi connectivity index (χ0v) is 14.9. The van der Waals surface area contributed by atoms with Gasteiger partial charge in [-0.2, -0.15) is 0 Å². The maximum absolute atomic E-state index is 12.1. The standard InChI is InChI=1S/C18H19ClN2O4/c1-11-4-7-16(17(8-11)24-3)25-10-18(23)21-13-5-6-14(19)15(9-13)20-12(2)22/h4-9H,10H2,1-3H3,(H,20,22)(H,21,23). The van der Waals surface area contributed by atoms with Crippen LogP contribution in [0.1, 0.15) is 12.5 Å². The molecule has 0 aliphatic carbocycles. The number of nitrogens with one attached hydrogen (secondary N) is 2. The number of rotatable bonds is 6. The second kappa shape index (κ2) is 8.39. The first kappa shape index (κ1) is 18.6. The number of methoxy groups -OCH3 is 1. The van der Waals surface area contributed by atoms with E-state index in [9.17, 15) is 9.59 Å². The maximum atomic E-state index is 12.1. The van der Waals surface area contributed by atoms with E-state index in [0.29, 0.717) is 27.9 Å². The molecule has 2 amide bonds. The highest BCUT2D eigenvalue weighted by Crippen LogP contribution is 2.28. The highest BCUT2D eigenvalue weighted by molar-refractivity contribution is 6.33. The summed E-state index contributed by atoms with van der Waals surface area (Å²) in [5.41, 5.74) is 1.95. The van der Waals surface area contributed by atoms with Crippen LogP contribution < -0.4 is 20.1 Å². The van der Waals surface area contributed by atoms with Crippen molar-refractivity contribution in [1.29, 1.82) is 0 Å². The molecule has 2 N–H and O–H groups in total. The molecule has 0 heterocycles. The van der Waals surface area contributed by atoms with E-state index in [4.69, 9.17) is 21.1 Å². The Morgan fingerprint density at radius 2 is 1.84 bits per heavy atom. The molecule has 0 aliphatic rings. The third kappa shape index (κ3) is 5.39. The summed E-state index contributed by atoms with van der Waals surface area (Å²) < 4.78 is 10.7. The number of benzene rings is 2. The molecular formula is C18H19ClN2O4. The molecule has 0 aliphatic heterocycles. The van der Waals surface area contributed by atoms with Crippen LogP contribution in [0.25, 0.3) is 0 Å². The molecule has 0 aromatic heterocycles. The van der Waals surface area contributed by atoms with Crippen LogP contribution in [0.4, 0.5) is 11.4 Å². The van der Waals surface area contributed by atoms with Gasteiger partial charge in [-0.25, -0.2) is 0 Å². The average Bonchev–Trinajstić information content (AvgIpc) is 2.56. The van der Waals surface area contributed by atoms with Crippen LogP contribution >= 0.6 is 11.6 Å². The molecule has 0 saturated carbocycles. The molecule has 2 aromatic rings. The minimum absolute atomic E-state index is 0.183. The lowest BCUT2D eigenvalue weighted by atomic mass is 10.2. The summed E-state index contributed by atoms with van der Waals surface area (Å²) in [6.45, 7) is 3.13. The van der Waals surface area contributed by atoms with Crippen molar-refractivity contribution in [2.75, 3.05) is 24.4 Å². The minimum Gasteiger partial charge on any atom is -0.493 e. The largest absolute Gasteiger partial charge is 0.493 e. The molecule has 0 fully saturated rings. The van der Waals surface area contributed by atoms with Gasteiger partial charge < -0.3 is 20.1 Å². The lowest BCUT2D eigenvalue weighted by Crippen LogP contribution is -2.20. The average molecular weight is 363 g/mol. The van der Waals surface area contributed by atoms with E-state index < -0.39 is 0 Å². The van der Waals surface area contributed by atoms with E-state index in [1.54, 1.807) is 31.4 Å². The predicted molar refractivity (Wildman–Crippen MR) is 97.6 cm³/mol. The number of aryl methyl sites for hydroxylation is 1. The van der Waals surface area contributed by atoms with E-state index in [1.165, 1.54) is 6.92 Å². The van der Waals surface area contributed by atoms with Gasteiger partial charge in [-0.3, -0.25) is 9.59 Å². The Labute approximate surface area is 151 Å². The SMILES string of the molecule is COc1cc(C)ccc1OCC(=O)Nc1ccc(Cl)c(NC(C)=O)c1. The second-order valence-electron chi connectivity index (χ2n) is 5.37. The summed E-state index contributed by atoms with van der Waals surface area (Å²) in [5.74, 6) is 0.449. The smallest absolute Gasteiger partial charge is 0.262 e. The molecule has 132 valence electrons. The quantitative estimate of drug-likeness (QED) is 0.822. The molecule has 0 spiro atoms. The number of anilines is 2. The minimum atomic E-state index is -0.348. The van der Waals surface area contributed by atoms with E-state index in [-0.39, 0.29) is 18.4 Å². The van der Waals surface area contributed by atoms with Crippen molar-refractivity contribution in [3.63, 3.8) is 0 Å². The summed E-state index contributed by atoms with van der Waals surface area (Å²) >= 11 is 6.00. The Morgan fingerprint density at radius 1 is 1.08 bits per heavy atom. The van der Waals surface area contributed by atoms with Crippen molar-refractivity contribution in [2.45, 2.75) is 13.8 Å². The molecule has 0 atom stereocenters. The molecule has 0 unspecified atom stereocenters. The summed E-state index contributed by atoms with van der Waals surface area (Å²) in [7, 11) is 1.54. The number of carbonyl (C=O) groups excluding carboxylic acids is 2. The van der Waals surface area contributed by atoms with E-state index in [0.717, 1.165) is 5.56 Å². The summed E-state index contributed by atoms with van der Waals surface area (Å²) in [6.07, 6.45) is 0. The molecule has 0 bridgehead atoms. The molecule has 6 nitrogen and oxygen atoms in total. The van der Waals surface area contributed by atoms with Crippen LogP contribution in [0, 0.1) is 6.92 Å². The van der Waals surface area contributed by atoms with Gasteiger partial charge in [0.1, 0.15) is 0 Å². The molecule has 2 rings (SSSR count). The van der Waals surface area contributed by atoms with Gasteiger partial charge in [0.05, 0.1) is 17.8 Å². The van der Waals surface area contributed by atoms with Crippen LogP contribution in [0.15, 0.2) is 36.4 Å². The predicted octanol–water partition coefficient (Wildman–Crippen LogP) is 3.63. The summed E-state index contributed by atoms with van der Waals surface area (Å²) in [5, 5.41) is 5.67. The monoisotopic (exact) mass is 362 g/mol. The van der Waals surface area contributed by atoms with Gasteiger partial charge in [-0.05, 0) is 42.8 Å². The molecule has 2 aromatic carbocycles. The highest BCUT2D eigenvalue weighted by Gasteiger charge is 2.10. The lowest BCUT2D eigenvalue weighted by molar-refractivity contribution is -0.118.